The molecule has 2 aromatic carbocycles. The third kappa shape index (κ3) is 4.83. The lowest BCUT2D eigenvalue weighted by atomic mass is 10.1. The number of hydrogen-bond donors (Lipinski definition) is 1. The van der Waals surface area contributed by atoms with Crippen molar-refractivity contribution >= 4 is 29.1 Å². The summed E-state index contributed by atoms with van der Waals surface area (Å²) in [5.74, 6) is 1.31. The van der Waals surface area contributed by atoms with E-state index in [0.29, 0.717) is 23.4 Å². The van der Waals surface area contributed by atoms with Crippen LogP contribution < -0.4 is 5.32 Å². The molecule has 0 unspecified atom stereocenters. The number of anilines is 1. The van der Waals surface area contributed by atoms with E-state index in [2.05, 4.69) is 15.5 Å². The minimum atomic E-state index is -0.0828. The van der Waals surface area contributed by atoms with Gasteiger partial charge < -0.3 is 5.32 Å². The molecule has 6 nitrogen and oxygen atoms in total. The first-order chi connectivity index (χ1) is 13.0. The van der Waals surface area contributed by atoms with E-state index in [1.54, 1.807) is 24.3 Å². The smallest absolute Gasteiger partial charge is 0.225 e. The summed E-state index contributed by atoms with van der Waals surface area (Å²) in [6.45, 7) is 3.42. The summed E-state index contributed by atoms with van der Waals surface area (Å²) < 4.78 is 1.98. The van der Waals surface area contributed by atoms with Crippen molar-refractivity contribution in [3.63, 3.8) is 0 Å². The van der Waals surface area contributed by atoms with Gasteiger partial charge in [-0.05, 0) is 50.2 Å². The Morgan fingerprint density at radius 3 is 2.41 bits per heavy atom. The van der Waals surface area contributed by atoms with Crippen LogP contribution in [0.15, 0.2) is 59.8 Å². The molecular weight excluding hydrogens is 360 g/mol. The number of Topliss-reactive ketones (excluding diaryl/α,β-unsaturated/α-hetero) is 1. The first-order valence-electron chi connectivity index (χ1n) is 8.55. The van der Waals surface area contributed by atoms with Gasteiger partial charge in [0.25, 0.3) is 0 Å². The van der Waals surface area contributed by atoms with Crippen molar-refractivity contribution in [1.29, 1.82) is 0 Å². The van der Waals surface area contributed by atoms with Crippen molar-refractivity contribution in [3.8, 4) is 5.69 Å². The highest BCUT2D eigenvalue weighted by molar-refractivity contribution is 7.99. The zero-order chi connectivity index (χ0) is 19.2. The van der Waals surface area contributed by atoms with Crippen molar-refractivity contribution in [2.75, 3.05) is 11.1 Å². The van der Waals surface area contributed by atoms with Crippen LogP contribution >= 0.6 is 11.8 Å². The minimum absolute atomic E-state index is 0.00194. The third-order valence-electron chi connectivity index (χ3n) is 3.95. The lowest BCUT2D eigenvalue weighted by Gasteiger charge is -2.08. The van der Waals surface area contributed by atoms with E-state index in [9.17, 15) is 9.59 Å². The molecule has 3 aromatic rings. The van der Waals surface area contributed by atoms with Crippen LogP contribution in [0.2, 0.25) is 0 Å². The number of para-hydroxylation sites is 1. The number of hydrogen-bond acceptors (Lipinski definition) is 5. The molecule has 0 fully saturated rings. The quantitative estimate of drug-likeness (QED) is 0.497. The monoisotopic (exact) mass is 380 g/mol. The number of carbonyl (C=O) groups excluding carboxylic acids is 2. The van der Waals surface area contributed by atoms with Gasteiger partial charge in [0.05, 0.1) is 0 Å². The highest BCUT2D eigenvalue weighted by Crippen LogP contribution is 2.22. The van der Waals surface area contributed by atoms with E-state index >= 15 is 0 Å². The molecule has 0 spiro atoms. The predicted octanol–water partition coefficient (Wildman–Crippen LogP) is 3.90. The van der Waals surface area contributed by atoms with Crippen LogP contribution in [0.25, 0.3) is 5.69 Å². The van der Waals surface area contributed by atoms with Gasteiger partial charge in [-0.25, -0.2) is 0 Å². The van der Waals surface area contributed by atoms with Crippen molar-refractivity contribution in [3.05, 3.63) is 66.0 Å². The number of nitrogens with zero attached hydrogens (tertiary/aromatic N) is 3. The molecule has 0 saturated heterocycles. The summed E-state index contributed by atoms with van der Waals surface area (Å²) in [7, 11) is 0. The maximum absolute atomic E-state index is 12.1. The number of amides is 1. The number of thioether (sulfide) groups is 1. The third-order valence-corrected chi connectivity index (χ3v) is 4.88. The molecule has 0 radical (unpaired) electrons. The van der Waals surface area contributed by atoms with Gasteiger partial charge in [-0.1, -0.05) is 30.0 Å². The molecule has 0 aliphatic rings. The molecule has 0 bridgehead atoms. The molecule has 1 aromatic heterocycles. The summed E-state index contributed by atoms with van der Waals surface area (Å²) in [4.78, 5) is 23.4. The Labute approximate surface area is 162 Å². The van der Waals surface area contributed by atoms with Gasteiger partial charge in [-0.15, -0.1) is 10.2 Å². The lowest BCUT2D eigenvalue weighted by molar-refractivity contribution is -0.115. The molecule has 0 atom stereocenters. The number of carbonyl (C=O) groups is 2. The Morgan fingerprint density at radius 1 is 1.04 bits per heavy atom. The van der Waals surface area contributed by atoms with E-state index < -0.39 is 0 Å². The highest BCUT2D eigenvalue weighted by atomic mass is 32.2. The minimum Gasteiger partial charge on any atom is -0.326 e. The van der Waals surface area contributed by atoms with Gasteiger partial charge >= 0.3 is 0 Å². The lowest BCUT2D eigenvalue weighted by Crippen LogP contribution is -2.12. The summed E-state index contributed by atoms with van der Waals surface area (Å²) in [6, 6.07) is 16.8. The second-order valence-electron chi connectivity index (χ2n) is 5.98. The molecule has 27 heavy (non-hydrogen) atoms. The van der Waals surface area contributed by atoms with Gasteiger partial charge in [0.2, 0.25) is 5.91 Å². The molecule has 1 heterocycles. The number of ketones is 1. The SMILES string of the molecule is CC(=O)c1ccc(NC(=O)CCSc2nnc(C)n2-c2ccccc2)cc1. The summed E-state index contributed by atoms with van der Waals surface area (Å²) in [6.07, 6.45) is 0.347. The van der Waals surface area contributed by atoms with Crippen LogP contribution in [0.1, 0.15) is 29.5 Å². The van der Waals surface area contributed by atoms with Crippen LogP contribution in [0, 0.1) is 6.92 Å². The zero-order valence-corrected chi connectivity index (χ0v) is 16.0. The summed E-state index contributed by atoms with van der Waals surface area (Å²) in [5.41, 5.74) is 2.30. The fraction of sp³-hybridized carbons (Fsp3) is 0.200. The normalized spacial score (nSPS) is 10.6. The standard InChI is InChI=1S/C20H20N4O2S/c1-14(25)16-8-10-17(11-9-16)21-19(26)12-13-27-20-23-22-15(2)24(20)18-6-4-3-5-7-18/h3-11H,12-13H2,1-2H3,(H,21,26). The topological polar surface area (TPSA) is 76.9 Å². The van der Waals surface area contributed by atoms with E-state index in [1.807, 2.05) is 41.8 Å². The van der Waals surface area contributed by atoms with E-state index in [0.717, 1.165) is 16.7 Å². The predicted molar refractivity (Wildman–Crippen MR) is 107 cm³/mol. The number of nitrogens with one attached hydrogen (secondary N) is 1. The van der Waals surface area contributed by atoms with Crippen molar-refractivity contribution < 1.29 is 9.59 Å². The Bertz CT molecular complexity index is 936. The van der Waals surface area contributed by atoms with Crippen molar-refractivity contribution in [2.45, 2.75) is 25.4 Å². The van der Waals surface area contributed by atoms with Gasteiger partial charge in [-0.3, -0.25) is 14.2 Å². The number of aromatic nitrogens is 3. The van der Waals surface area contributed by atoms with E-state index in [-0.39, 0.29) is 11.7 Å². The van der Waals surface area contributed by atoms with Crippen LogP contribution in [-0.2, 0) is 4.79 Å². The Kier molecular flexibility index (Phi) is 6.03. The molecule has 1 N–H and O–H groups in total. The second-order valence-corrected chi connectivity index (χ2v) is 7.04. The summed E-state index contributed by atoms with van der Waals surface area (Å²) >= 11 is 1.49. The average molecular weight is 380 g/mol. The second kappa shape index (κ2) is 8.64. The summed E-state index contributed by atoms with van der Waals surface area (Å²) in [5, 5.41) is 12.0. The van der Waals surface area contributed by atoms with Gasteiger partial charge in [0.1, 0.15) is 5.82 Å². The van der Waals surface area contributed by atoms with Gasteiger partial charge in [-0.2, -0.15) is 0 Å². The van der Waals surface area contributed by atoms with Crippen LogP contribution in [0.4, 0.5) is 5.69 Å². The molecule has 0 aliphatic carbocycles. The Hall–Kier alpha value is -2.93. The number of rotatable bonds is 7. The van der Waals surface area contributed by atoms with Crippen molar-refractivity contribution in [2.24, 2.45) is 0 Å². The van der Waals surface area contributed by atoms with Crippen LogP contribution in [-0.4, -0.2) is 32.2 Å². The number of aryl methyl sites for hydroxylation is 1. The fourth-order valence-electron chi connectivity index (χ4n) is 2.56. The zero-order valence-electron chi connectivity index (χ0n) is 15.2. The Balaban J connectivity index is 1.56. The van der Waals surface area contributed by atoms with E-state index in [4.69, 9.17) is 0 Å². The van der Waals surface area contributed by atoms with E-state index in [1.165, 1.54) is 18.7 Å². The highest BCUT2D eigenvalue weighted by Gasteiger charge is 2.12. The molecule has 138 valence electrons. The molecule has 7 heteroatoms. The van der Waals surface area contributed by atoms with Gasteiger partial charge in [0.15, 0.2) is 10.9 Å². The fourth-order valence-corrected chi connectivity index (χ4v) is 3.49. The molecule has 1 amide bonds. The Morgan fingerprint density at radius 2 is 1.74 bits per heavy atom. The van der Waals surface area contributed by atoms with Gasteiger partial charge in [0, 0.05) is 29.1 Å². The van der Waals surface area contributed by atoms with Crippen molar-refractivity contribution in [1.82, 2.24) is 14.8 Å². The average Bonchev–Trinajstić information content (AvgIpc) is 3.03. The maximum Gasteiger partial charge on any atom is 0.225 e. The maximum atomic E-state index is 12.1. The molecule has 0 aliphatic heterocycles. The molecule has 0 saturated carbocycles. The first-order valence-corrected chi connectivity index (χ1v) is 9.54. The first kappa shape index (κ1) is 18.8. The molecular formula is C20H20N4O2S. The van der Waals surface area contributed by atoms with Crippen LogP contribution in [0.3, 0.4) is 0 Å². The number of benzene rings is 2. The molecule has 3 rings (SSSR count). The van der Waals surface area contributed by atoms with Crippen LogP contribution in [0.5, 0.6) is 0 Å². The largest absolute Gasteiger partial charge is 0.326 e.